The number of aromatic nitrogens is 2. The van der Waals surface area contributed by atoms with Gasteiger partial charge in [0.25, 0.3) is 0 Å². The van der Waals surface area contributed by atoms with Crippen molar-refractivity contribution in [3.63, 3.8) is 0 Å². The van der Waals surface area contributed by atoms with Crippen LogP contribution in [0.25, 0.3) is 11.0 Å². The van der Waals surface area contributed by atoms with E-state index < -0.39 is 0 Å². The molecule has 5 nitrogen and oxygen atoms in total. The number of benzene rings is 2. The lowest BCUT2D eigenvalue weighted by Gasteiger charge is -2.31. The summed E-state index contributed by atoms with van der Waals surface area (Å²) in [6, 6.07) is 14.2. The van der Waals surface area contributed by atoms with Gasteiger partial charge in [0.15, 0.2) is 0 Å². The van der Waals surface area contributed by atoms with Crippen LogP contribution in [0, 0.1) is 5.82 Å². The van der Waals surface area contributed by atoms with E-state index in [0.717, 1.165) is 48.4 Å². The molecule has 1 aliphatic rings. The monoisotopic (exact) mass is 366 g/mol. The topological polar surface area (TPSA) is 61.0 Å². The Balaban J connectivity index is 1.32. The first-order valence-electron chi connectivity index (χ1n) is 9.35. The van der Waals surface area contributed by atoms with Crippen molar-refractivity contribution in [2.24, 2.45) is 0 Å². The molecule has 0 spiro atoms. The van der Waals surface area contributed by atoms with Crippen LogP contribution in [0.4, 0.5) is 4.39 Å². The minimum absolute atomic E-state index is 0.00965. The zero-order valence-electron chi connectivity index (χ0n) is 15.1. The van der Waals surface area contributed by atoms with Crippen LogP contribution in [0.3, 0.4) is 0 Å². The second-order valence-corrected chi connectivity index (χ2v) is 7.12. The normalized spacial score (nSPS) is 17.9. The summed E-state index contributed by atoms with van der Waals surface area (Å²) in [5.41, 5.74) is 2.94. The fourth-order valence-corrected chi connectivity index (χ4v) is 3.65. The molecule has 2 aromatic carbocycles. The summed E-state index contributed by atoms with van der Waals surface area (Å²) in [4.78, 5) is 22.6. The Hall–Kier alpha value is -2.73. The first-order chi connectivity index (χ1) is 13.2. The van der Waals surface area contributed by atoms with Crippen molar-refractivity contribution in [3.05, 3.63) is 65.7 Å². The quantitative estimate of drug-likeness (QED) is 0.729. The van der Waals surface area contributed by atoms with Crippen LogP contribution in [0.1, 0.15) is 30.1 Å². The number of rotatable bonds is 5. The van der Waals surface area contributed by atoms with Gasteiger partial charge in [-0.2, -0.15) is 0 Å². The highest BCUT2D eigenvalue weighted by atomic mass is 19.1. The lowest BCUT2D eigenvalue weighted by Crippen LogP contribution is -2.42. The Labute approximate surface area is 157 Å². The number of hydrogen-bond donors (Lipinski definition) is 2. The highest BCUT2D eigenvalue weighted by Gasteiger charge is 2.25. The van der Waals surface area contributed by atoms with E-state index in [2.05, 4.69) is 15.2 Å². The number of piperidine rings is 1. The molecule has 0 bridgehead atoms. The van der Waals surface area contributed by atoms with Gasteiger partial charge in [0.1, 0.15) is 11.6 Å². The molecular formula is C21H23FN4O. The van der Waals surface area contributed by atoms with Crippen LogP contribution in [0.15, 0.2) is 48.5 Å². The van der Waals surface area contributed by atoms with Crippen LogP contribution in [-0.2, 0) is 11.3 Å². The highest BCUT2D eigenvalue weighted by Crippen LogP contribution is 2.26. The van der Waals surface area contributed by atoms with Crippen LogP contribution >= 0.6 is 0 Å². The SMILES string of the molecule is O=C(CN1CCC[C@@H](c2nc3ccccc3[nH]2)C1)NCc1ccc(F)cc1. The maximum absolute atomic E-state index is 12.9. The van der Waals surface area contributed by atoms with Gasteiger partial charge in [-0.3, -0.25) is 9.69 Å². The van der Waals surface area contributed by atoms with Gasteiger partial charge in [-0.05, 0) is 49.2 Å². The first-order valence-corrected chi connectivity index (χ1v) is 9.35. The average Bonchev–Trinajstić information content (AvgIpc) is 3.12. The van der Waals surface area contributed by atoms with Gasteiger partial charge in [0.2, 0.25) is 5.91 Å². The van der Waals surface area contributed by atoms with E-state index >= 15 is 0 Å². The molecule has 0 saturated carbocycles. The fraction of sp³-hybridized carbons (Fsp3) is 0.333. The molecule has 6 heteroatoms. The number of imidazole rings is 1. The molecule has 140 valence electrons. The van der Waals surface area contributed by atoms with Gasteiger partial charge in [0.05, 0.1) is 17.6 Å². The van der Waals surface area contributed by atoms with Gasteiger partial charge < -0.3 is 10.3 Å². The predicted octanol–water partition coefficient (Wildman–Crippen LogP) is 3.20. The number of para-hydroxylation sites is 2. The van der Waals surface area contributed by atoms with Crippen LogP contribution in [0.2, 0.25) is 0 Å². The van der Waals surface area contributed by atoms with E-state index in [0.29, 0.717) is 19.0 Å². The molecule has 27 heavy (non-hydrogen) atoms. The summed E-state index contributed by atoms with van der Waals surface area (Å²) in [5.74, 6) is 1.04. The minimum atomic E-state index is -0.268. The third-order valence-electron chi connectivity index (χ3n) is 5.07. The lowest BCUT2D eigenvalue weighted by molar-refractivity contribution is -0.122. The van der Waals surface area contributed by atoms with Crippen molar-refractivity contribution in [2.45, 2.75) is 25.3 Å². The van der Waals surface area contributed by atoms with E-state index in [1.807, 2.05) is 24.3 Å². The van der Waals surface area contributed by atoms with Crippen LogP contribution in [-0.4, -0.2) is 40.4 Å². The number of nitrogens with zero attached hydrogens (tertiary/aromatic N) is 2. The molecule has 3 aromatic rings. The molecule has 4 rings (SSSR count). The summed E-state index contributed by atoms with van der Waals surface area (Å²) in [6.07, 6.45) is 2.13. The second-order valence-electron chi connectivity index (χ2n) is 7.12. The largest absolute Gasteiger partial charge is 0.351 e. The van der Waals surface area contributed by atoms with E-state index in [9.17, 15) is 9.18 Å². The molecular weight excluding hydrogens is 343 g/mol. The molecule has 1 atom stereocenters. The molecule has 0 unspecified atom stereocenters. The van der Waals surface area contributed by atoms with Gasteiger partial charge in [0, 0.05) is 19.0 Å². The number of halogens is 1. The Kier molecular flexibility index (Phi) is 5.16. The molecule has 0 aliphatic carbocycles. The van der Waals surface area contributed by atoms with Crippen molar-refractivity contribution in [2.75, 3.05) is 19.6 Å². The second kappa shape index (κ2) is 7.88. The number of carbonyl (C=O) groups is 1. The zero-order chi connectivity index (χ0) is 18.6. The average molecular weight is 366 g/mol. The smallest absolute Gasteiger partial charge is 0.234 e. The molecule has 0 radical (unpaired) electrons. The first kappa shape index (κ1) is 17.7. The third kappa shape index (κ3) is 4.34. The van der Waals surface area contributed by atoms with Gasteiger partial charge in [-0.25, -0.2) is 9.37 Å². The molecule has 1 saturated heterocycles. The van der Waals surface area contributed by atoms with Crippen LogP contribution in [0.5, 0.6) is 0 Å². The molecule has 1 aromatic heterocycles. The Morgan fingerprint density at radius 1 is 1.22 bits per heavy atom. The summed E-state index contributed by atoms with van der Waals surface area (Å²) in [5, 5.41) is 2.92. The molecule has 2 N–H and O–H groups in total. The number of H-pyrrole nitrogens is 1. The predicted molar refractivity (Wildman–Crippen MR) is 103 cm³/mol. The lowest BCUT2D eigenvalue weighted by atomic mass is 9.97. The van der Waals surface area contributed by atoms with E-state index in [4.69, 9.17) is 4.98 Å². The Morgan fingerprint density at radius 3 is 2.85 bits per heavy atom. The highest BCUT2D eigenvalue weighted by molar-refractivity contribution is 5.78. The van der Waals surface area contributed by atoms with Crippen LogP contribution < -0.4 is 5.32 Å². The molecule has 1 aliphatic heterocycles. The van der Waals surface area contributed by atoms with Crippen molar-refractivity contribution in [1.29, 1.82) is 0 Å². The Morgan fingerprint density at radius 2 is 2.04 bits per heavy atom. The van der Waals surface area contributed by atoms with Crippen molar-refractivity contribution in [3.8, 4) is 0 Å². The van der Waals surface area contributed by atoms with E-state index in [1.165, 1.54) is 12.1 Å². The zero-order valence-corrected chi connectivity index (χ0v) is 15.1. The molecule has 1 fully saturated rings. The number of hydrogen-bond acceptors (Lipinski definition) is 3. The summed E-state index contributed by atoms with van der Waals surface area (Å²) in [7, 11) is 0. The third-order valence-corrected chi connectivity index (χ3v) is 5.07. The number of fused-ring (bicyclic) bond motifs is 1. The van der Waals surface area contributed by atoms with Crippen molar-refractivity contribution in [1.82, 2.24) is 20.2 Å². The van der Waals surface area contributed by atoms with Gasteiger partial charge in [-0.1, -0.05) is 24.3 Å². The van der Waals surface area contributed by atoms with E-state index in [-0.39, 0.29) is 11.7 Å². The van der Waals surface area contributed by atoms with Crippen molar-refractivity contribution < 1.29 is 9.18 Å². The number of carbonyl (C=O) groups excluding carboxylic acids is 1. The van der Waals surface area contributed by atoms with Crippen molar-refractivity contribution >= 4 is 16.9 Å². The van der Waals surface area contributed by atoms with Gasteiger partial charge >= 0.3 is 0 Å². The fourth-order valence-electron chi connectivity index (χ4n) is 3.65. The number of nitrogens with one attached hydrogen (secondary N) is 2. The maximum Gasteiger partial charge on any atom is 0.234 e. The number of likely N-dealkylation sites (tertiary alicyclic amines) is 1. The standard InChI is InChI=1S/C21H23FN4O/c22-17-9-7-15(8-10-17)12-23-20(27)14-26-11-3-4-16(13-26)21-24-18-5-1-2-6-19(18)25-21/h1-2,5-10,16H,3-4,11-14H2,(H,23,27)(H,24,25)/t16-/m1/s1. The van der Waals surface area contributed by atoms with E-state index in [1.54, 1.807) is 12.1 Å². The Bertz CT molecular complexity index is 888. The molecule has 2 heterocycles. The summed E-state index contributed by atoms with van der Waals surface area (Å²) in [6.45, 7) is 2.53. The number of amides is 1. The summed E-state index contributed by atoms with van der Waals surface area (Å²) >= 11 is 0. The maximum atomic E-state index is 12.9. The number of aromatic amines is 1. The van der Waals surface area contributed by atoms with Gasteiger partial charge in [-0.15, -0.1) is 0 Å². The summed E-state index contributed by atoms with van der Waals surface area (Å²) < 4.78 is 12.9. The minimum Gasteiger partial charge on any atom is -0.351 e. The molecule has 1 amide bonds.